The van der Waals surface area contributed by atoms with Crippen LogP contribution >= 0.6 is 0 Å². The van der Waals surface area contributed by atoms with Gasteiger partial charge in [0.2, 0.25) is 5.60 Å². The Kier molecular flexibility index (Phi) is 3.70. The average Bonchev–Trinajstić information content (AvgIpc) is 3.20. The molecule has 2 unspecified atom stereocenters. The number of Topliss-reactive ketones (excluding diaryl/α,β-unsaturated/α-hetero) is 1. The predicted octanol–water partition coefficient (Wildman–Crippen LogP) is 0.387. The van der Waals surface area contributed by atoms with Gasteiger partial charge in [0, 0.05) is 12.8 Å². The molecule has 1 aliphatic heterocycles. The van der Waals surface area contributed by atoms with Crippen LogP contribution in [0.15, 0.2) is 30.3 Å². The number of carbonyl (C=O) groups excluding carboxylic acids is 3. The van der Waals surface area contributed by atoms with Gasteiger partial charge in [-0.05, 0) is 12.0 Å². The summed E-state index contributed by atoms with van der Waals surface area (Å²) in [6.07, 6.45) is 0.872. The Morgan fingerprint density at radius 3 is 2.68 bits per heavy atom. The van der Waals surface area contributed by atoms with Gasteiger partial charge in [-0.15, -0.1) is 0 Å². The van der Waals surface area contributed by atoms with Crippen molar-refractivity contribution >= 4 is 17.7 Å². The summed E-state index contributed by atoms with van der Waals surface area (Å²) >= 11 is 0. The number of esters is 1. The summed E-state index contributed by atoms with van der Waals surface area (Å²) in [6, 6.07) is 8.45. The lowest BCUT2D eigenvalue weighted by Crippen LogP contribution is -2.50. The van der Waals surface area contributed by atoms with Crippen LogP contribution in [0.5, 0.6) is 0 Å². The molecule has 3 rings (SSSR count). The van der Waals surface area contributed by atoms with Crippen molar-refractivity contribution in [1.29, 1.82) is 0 Å². The Bertz CT molecular complexity index is 614. The molecule has 6 nitrogen and oxygen atoms in total. The normalized spacial score (nSPS) is 27.0. The number of amides is 1. The first-order valence-electron chi connectivity index (χ1n) is 7.21. The summed E-state index contributed by atoms with van der Waals surface area (Å²) in [7, 11) is 1.27. The van der Waals surface area contributed by atoms with Crippen LogP contribution in [0.25, 0.3) is 0 Å². The number of epoxide rings is 1. The van der Waals surface area contributed by atoms with Crippen molar-refractivity contribution in [1.82, 2.24) is 5.32 Å². The number of carbonyl (C=O) groups is 3. The zero-order valence-corrected chi connectivity index (χ0v) is 12.2. The quantitative estimate of drug-likeness (QED) is 0.483. The van der Waals surface area contributed by atoms with E-state index in [0.717, 1.165) is 5.56 Å². The fraction of sp³-hybridized carbons (Fsp3) is 0.438. The van der Waals surface area contributed by atoms with Crippen LogP contribution in [0.1, 0.15) is 18.4 Å². The number of hydrogen-bond donors (Lipinski definition) is 1. The Morgan fingerprint density at radius 1 is 1.41 bits per heavy atom. The first-order chi connectivity index (χ1) is 10.6. The maximum absolute atomic E-state index is 12.4. The number of benzene rings is 1. The van der Waals surface area contributed by atoms with Crippen molar-refractivity contribution in [2.75, 3.05) is 7.11 Å². The predicted molar refractivity (Wildman–Crippen MR) is 75.9 cm³/mol. The lowest BCUT2D eigenvalue weighted by Gasteiger charge is -2.18. The van der Waals surface area contributed by atoms with E-state index in [2.05, 4.69) is 5.32 Å². The van der Waals surface area contributed by atoms with Crippen LogP contribution in [0.4, 0.5) is 0 Å². The van der Waals surface area contributed by atoms with Gasteiger partial charge in [-0.3, -0.25) is 9.59 Å². The van der Waals surface area contributed by atoms with E-state index in [1.165, 1.54) is 7.11 Å². The number of fused-ring (bicyclic) bond motifs is 1. The number of ether oxygens (including phenoxy) is 2. The second-order valence-electron chi connectivity index (χ2n) is 5.54. The highest BCUT2D eigenvalue weighted by atomic mass is 16.6. The molecule has 2 aliphatic rings. The molecule has 1 N–H and O–H groups in total. The van der Waals surface area contributed by atoms with Crippen LogP contribution in [0, 0.1) is 0 Å². The number of hydrogen-bond acceptors (Lipinski definition) is 5. The van der Waals surface area contributed by atoms with Crippen molar-refractivity contribution in [3.8, 4) is 0 Å². The van der Waals surface area contributed by atoms with Gasteiger partial charge in [-0.1, -0.05) is 30.3 Å². The Hall–Kier alpha value is -2.21. The van der Waals surface area contributed by atoms with Crippen LogP contribution < -0.4 is 5.32 Å². The van der Waals surface area contributed by atoms with E-state index in [1.54, 1.807) is 0 Å². The number of ketones is 1. The first-order valence-corrected chi connectivity index (χ1v) is 7.21. The number of rotatable bonds is 5. The van der Waals surface area contributed by atoms with Gasteiger partial charge in [-0.2, -0.15) is 0 Å². The molecule has 1 aliphatic carbocycles. The monoisotopic (exact) mass is 303 g/mol. The molecule has 0 aromatic heterocycles. The molecule has 1 aromatic carbocycles. The third kappa shape index (κ3) is 2.39. The largest absolute Gasteiger partial charge is 0.467 e. The third-order valence-corrected chi connectivity index (χ3v) is 4.18. The molecule has 116 valence electrons. The lowest BCUT2D eigenvalue weighted by atomic mass is 10.0. The minimum atomic E-state index is -1.36. The topological polar surface area (TPSA) is 85.0 Å². The van der Waals surface area contributed by atoms with Gasteiger partial charge in [0.15, 0.2) is 5.78 Å². The van der Waals surface area contributed by atoms with Crippen LogP contribution in [-0.4, -0.2) is 42.5 Å². The van der Waals surface area contributed by atoms with Gasteiger partial charge >= 0.3 is 5.97 Å². The summed E-state index contributed by atoms with van der Waals surface area (Å²) < 4.78 is 10.0. The molecule has 2 fully saturated rings. The van der Waals surface area contributed by atoms with Gasteiger partial charge < -0.3 is 14.8 Å². The molecular formula is C16H17NO5. The minimum Gasteiger partial charge on any atom is -0.467 e. The molecule has 0 spiro atoms. The summed E-state index contributed by atoms with van der Waals surface area (Å²) in [4.78, 5) is 36.1. The second-order valence-corrected chi connectivity index (χ2v) is 5.54. The highest BCUT2D eigenvalue weighted by molar-refractivity contribution is 6.15. The van der Waals surface area contributed by atoms with Gasteiger partial charge in [0.05, 0.1) is 7.11 Å². The van der Waals surface area contributed by atoms with Crippen molar-refractivity contribution in [2.45, 2.75) is 37.0 Å². The van der Waals surface area contributed by atoms with Gasteiger partial charge in [-0.25, -0.2) is 4.79 Å². The number of methoxy groups -OCH3 is 1. The van der Waals surface area contributed by atoms with Crippen molar-refractivity contribution in [3.05, 3.63) is 35.9 Å². The molecule has 0 radical (unpaired) electrons. The highest BCUT2D eigenvalue weighted by Gasteiger charge is 2.71. The van der Waals surface area contributed by atoms with E-state index in [4.69, 9.17) is 9.47 Å². The van der Waals surface area contributed by atoms with E-state index < -0.39 is 23.5 Å². The Morgan fingerprint density at radius 2 is 2.14 bits per heavy atom. The minimum absolute atomic E-state index is 0.210. The number of nitrogens with one attached hydrogen (secondary N) is 1. The van der Waals surface area contributed by atoms with E-state index in [9.17, 15) is 14.4 Å². The van der Waals surface area contributed by atoms with Crippen molar-refractivity contribution in [3.63, 3.8) is 0 Å². The molecule has 0 bridgehead atoms. The fourth-order valence-electron chi connectivity index (χ4n) is 2.92. The zero-order chi connectivity index (χ0) is 15.7. The summed E-state index contributed by atoms with van der Waals surface area (Å²) in [5.74, 6) is -1.29. The summed E-state index contributed by atoms with van der Waals surface area (Å²) in [5, 5.41) is 2.61. The highest BCUT2D eigenvalue weighted by Crippen LogP contribution is 2.47. The Labute approximate surface area is 127 Å². The molecule has 3 atom stereocenters. The van der Waals surface area contributed by atoms with Gasteiger partial charge in [0.25, 0.3) is 5.91 Å². The summed E-state index contributed by atoms with van der Waals surface area (Å²) in [5.41, 5.74) is -0.468. The summed E-state index contributed by atoms with van der Waals surface area (Å²) in [6.45, 7) is 0. The molecule has 1 heterocycles. The molecule has 1 amide bonds. The zero-order valence-electron chi connectivity index (χ0n) is 12.2. The molecule has 1 aromatic rings. The van der Waals surface area contributed by atoms with Gasteiger partial charge in [0.1, 0.15) is 12.1 Å². The van der Waals surface area contributed by atoms with E-state index >= 15 is 0 Å². The lowest BCUT2D eigenvalue weighted by molar-refractivity contribution is -0.146. The molecule has 1 saturated carbocycles. The molecule has 1 saturated heterocycles. The van der Waals surface area contributed by atoms with Crippen LogP contribution in [0.3, 0.4) is 0 Å². The van der Waals surface area contributed by atoms with E-state index in [-0.39, 0.29) is 11.9 Å². The average molecular weight is 303 g/mol. The van der Waals surface area contributed by atoms with Crippen molar-refractivity contribution < 1.29 is 23.9 Å². The second kappa shape index (κ2) is 5.53. The molecule has 6 heteroatoms. The first kappa shape index (κ1) is 14.7. The SMILES string of the molecule is COC(=O)[C@H](Cc1ccccc1)NC(=O)C12OC1CCC2=O. The Balaban J connectivity index is 1.72. The standard InChI is InChI=1S/C16H17NO5/c1-21-14(19)11(9-10-5-3-2-4-6-10)17-15(20)16-12(18)7-8-13(16)22-16/h2-6,11,13H,7-9H2,1H3,(H,17,20)/t11-,13?,16?/m0/s1. The van der Waals surface area contributed by atoms with Crippen LogP contribution in [-0.2, 0) is 30.3 Å². The smallest absolute Gasteiger partial charge is 0.328 e. The molecular weight excluding hydrogens is 286 g/mol. The fourth-order valence-corrected chi connectivity index (χ4v) is 2.92. The van der Waals surface area contributed by atoms with Crippen LogP contribution in [0.2, 0.25) is 0 Å². The van der Waals surface area contributed by atoms with E-state index in [0.29, 0.717) is 19.3 Å². The molecule has 22 heavy (non-hydrogen) atoms. The third-order valence-electron chi connectivity index (χ3n) is 4.18. The maximum atomic E-state index is 12.4. The maximum Gasteiger partial charge on any atom is 0.328 e. The van der Waals surface area contributed by atoms with Crippen molar-refractivity contribution in [2.24, 2.45) is 0 Å². The van der Waals surface area contributed by atoms with E-state index in [1.807, 2.05) is 30.3 Å².